The van der Waals surface area contributed by atoms with Crippen LogP contribution in [0.5, 0.6) is 0 Å². The van der Waals surface area contributed by atoms with Gasteiger partial charge in [-0.1, -0.05) is 18.7 Å². The first kappa shape index (κ1) is 12.5. The fraction of sp³-hybridized carbons (Fsp3) is 0.417. The lowest BCUT2D eigenvalue weighted by atomic mass is 10.1. The van der Waals surface area contributed by atoms with E-state index in [2.05, 4.69) is 6.58 Å². The van der Waals surface area contributed by atoms with E-state index in [4.69, 9.17) is 9.47 Å². The minimum atomic E-state index is -0.596. The van der Waals surface area contributed by atoms with Gasteiger partial charge in [0, 0.05) is 5.57 Å². The van der Waals surface area contributed by atoms with Crippen LogP contribution < -0.4 is 0 Å². The van der Waals surface area contributed by atoms with Crippen LogP contribution in [0.3, 0.4) is 0 Å². The maximum absolute atomic E-state index is 11.0. The third-order valence-corrected chi connectivity index (χ3v) is 2.02. The standard InChI is InChI=1S/C12H16O4/c1-9(2)12(14)16-8-7-15-11-6-4-3-5-10(11)13/h3-4,6,10,13H,1,5,7-8H2,2H3/t10-/m0/s1. The number of aliphatic hydroxyl groups is 1. The van der Waals surface area contributed by atoms with Crippen molar-refractivity contribution in [2.45, 2.75) is 19.4 Å². The largest absolute Gasteiger partial charge is 0.492 e. The van der Waals surface area contributed by atoms with E-state index in [1.807, 2.05) is 12.2 Å². The Hall–Kier alpha value is -1.55. The number of aliphatic hydroxyl groups excluding tert-OH is 1. The molecule has 1 aliphatic rings. The summed E-state index contributed by atoms with van der Waals surface area (Å²) in [7, 11) is 0. The molecule has 0 radical (unpaired) electrons. The average Bonchev–Trinajstić information content (AvgIpc) is 2.26. The quantitative estimate of drug-likeness (QED) is 0.435. The lowest BCUT2D eigenvalue weighted by molar-refractivity contribution is -0.140. The smallest absolute Gasteiger partial charge is 0.333 e. The second kappa shape index (κ2) is 6.12. The van der Waals surface area contributed by atoms with Crippen molar-refractivity contribution in [3.8, 4) is 0 Å². The zero-order valence-electron chi connectivity index (χ0n) is 9.31. The van der Waals surface area contributed by atoms with E-state index in [-0.39, 0.29) is 13.2 Å². The summed E-state index contributed by atoms with van der Waals surface area (Å²) in [5.41, 5.74) is 0.361. The second-order valence-corrected chi connectivity index (χ2v) is 3.51. The SMILES string of the molecule is C=C(C)C(=O)OCCOC1=CC=CC[C@@H]1O. The molecular formula is C12H16O4. The Labute approximate surface area is 94.9 Å². The van der Waals surface area contributed by atoms with Gasteiger partial charge in [0.2, 0.25) is 0 Å². The first-order valence-electron chi connectivity index (χ1n) is 5.11. The average molecular weight is 224 g/mol. The maximum Gasteiger partial charge on any atom is 0.333 e. The number of rotatable bonds is 5. The molecule has 0 aromatic carbocycles. The summed E-state index contributed by atoms with van der Waals surface area (Å²) in [6, 6.07) is 0. The highest BCUT2D eigenvalue weighted by atomic mass is 16.6. The Balaban J connectivity index is 2.21. The van der Waals surface area contributed by atoms with Gasteiger partial charge in [-0.15, -0.1) is 0 Å². The summed E-state index contributed by atoms with van der Waals surface area (Å²) < 4.78 is 10.1. The normalized spacial score (nSPS) is 18.9. The van der Waals surface area contributed by atoms with Crippen LogP contribution in [0.2, 0.25) is 0 Å². The summed E-state index contributed by atoms with van der Waals surface area (Å²) in [6.45, 7) is 5.43. The molecule has 16 heavy (non-hydrogen) atoms. The number of hydrogen-bond acceptors (Lipinski definition) is 4. The molecule has 0 saturated carbocycles. The van der Waals surface area contributed by atoms with Crippen LogP contribution in [0, 0.1) is 0 Å². The summed E-state index contributed by atoms with van der Waals surface area (Å²) in [5.74, 6) is 0.0792. The number of esters is 1. The van der Waals surface area contributed by atoms with Crippen LogP contribution in [0.4, 0.5) is 0 Å². The second-order valence-electron chi connectivity index (χ2n) is 3.51. The molecule has 1 atom stereocenters. The molecule has 0 bridgehead atoms. The monoisotopic (exact) mass is 224 g/mol. The zero-order chi connectivity index (χ0) is 12.0. The first-order valence-corrected chi connectivity index (χ1v) is 5.11. The Morgan fingerprint density at radius 3 is 3.00 bits per heavy atom. The molecule has 0 unspecified atom stereocenters. The van der Waals surface area contributed by atoms with Crippen LogP contribution in [0.1, 0.15) is 13.3 Å². The molecule has 0 aromatic rings. The highest BCUT2D eigenvalue weighted by Gasteiger charge is 2.12. The van der Waals surface area contributed by atoms with Crippen molar-refractivity contribution >= 4 is 5.97 Å². The van der Waals surface area contributed by atoms with E-state index >= 15 is 0 Å². The van der Waals surface area contributed by atoms with Gasteiger partial charge < -0.3 is 14.6 Å². The first-order chi connectivity index (χ1) is 7.61. The number of ether oxygens (including phenoxy) is 2. The number of allylic oxidation sites excluding steroid dienone is 2. The van der Waals surface area contributed by atoms with Crippen LogP contribution in [-0.2, 0) is 14.3 Å². The van der Waals surface area contributed by atoms with Crippen LogP contribution in [0.15, 0.2) is 36.1 Å². The summed E-state index contributed by atoms with van der Waals surface area (Å²) in [4.78, 5) is 11.0. The summed E-state index contributed by atoms with van der Waals surface area (Å²) >= 11 is 0. The Morgan fingerprint density at radius 2 is 2.38 bits per heavy atom. The van der Waals surface area contributed by atoms with Crippen LogP contribution in [0.25, 0.3) is 0 Å². The Bertz CT molecular complexity index is 328. The fourth-order valence-electron chi connectivity index (χ4n) is 1.16. The van der Waals surface area contributed by atoms with Crippen LogP contribution >= 0.6 is 0 Å². The van der Waals surface area contributed by atoms with E-state index in [9.17, 15) is 9.90 Å². The third-order valence-electron chi connectivity index (χ3n) is 2.02. The van der Waals surface area contributed by atoms with Gasteiger partial charge >= 0.3 is 5.97 Å². The predicted molar refractivity (Wildman–Crippen MR) is 59.6 cm³/mol. The zero-order valence-corrected chi connectivity index (χ0v) is 9.31. The number of carbonyl (C=O) groups is 1. The van der Waals surface area contributed by atoms with Gasteiger partial charge in [0.25, 0.3) is 0 Å². The molecule has 0 fully saturated rings. The van der Waals surface area contributed by atoms with Crippen molar-refractivity contribution in [1.82, 2.24) is 0 Å². The number of hydrogen-bond donors (Lipinski definition) is 1. The topological polar surface area (TPSA) is 55.8 Å². The van der Waals surface area contributed by atoms with Crippen molar-refractivity contribution in [2.75, 3.05) is 13.2 Å². The molecule has 1 aliphatic carbocycles. The molecule has 0 aliphatic heterocycles. The Kier molecular flexibility index (Phi) is 4.79. The van der Waals surface area contributed by atoms with Crippen molar-refractivity contribution in [1.29, 1.82) is 0 Å². The molecule has 4 heteroatoms. The van der Waals surface area contributed by atoms with Crippen molar-refractivity contribution in [2.24, 2.45) is 0 Å². The molecule has 88 valence electrons. The van der Waals surface area contributed by atoms with E-state index in [0.29, 0.717) is 17.8 Å². The predicted octanol–water partition coefficient (Wildman–Crippen LogP) is 1.33. The Morgan fingerprint density at radius 1 is 1.62 bits per heavy atom. The molecule has 1 rings (SSSR count). The van der Waals surface area contributed by atoms with E-state index in [1.54, 1.807) is 13.0 Å². The molecule has 0 aromatic heterocycles. The summed E-state index contributed by atoms with van der Waals surface area (Å²) in [5, 5.41) is 9.50. The molecule has 4 nitrogen and oxygen atoms in total. The molecule has 0 spiro atoms. The molecule has 1 N–H and O–H groups in total. The van der Waals surface area contributed by atoms with Crippen molar-refractivity contribution < 1.29 is 19.4 Å². The van der Waals surface area contributed by atoms with Gasteiger partial charge in [-0.05, 0) is 19.4 Å². The summed E-state index contributed by atoms with van der Waals surface area (Å²) in [6.07, 6.45) is 5.34. The van der Waals surface area contributed by atoms with Gasteiger partial charge in [-0.3, -0.25) is 0 Å². The van der Waals surface area contributed by atoms with E-state index in [1.165, 1.54) is 0 Å². The highest BCUT2D eigenvalue weighted by Crippen LogP contribution is 2.13. The van der Waals surface area contributed by atoms with Crippen LogP contribution in [-0.4, -0.2) is 30.4 Å². The van der Waals surface area contributed by atoms with E-state index < -0.39 is 12.1 Å². The van der Waals surface area contributed by atoms with Crippen molar-refractivity contribution in [3.05, 3.63) is 36.1 Å². The van der Waals surface area contributed by atoms with Crippen molar-refractivity contribution in [3.63, 3.8) is 0 Å². The van der Waals surface area contributed by atoms with Gasteiger partial charge in [-0.25, -0.2) is 4.79 Å². The maximum atomic E-state index is 11.0. The van der Waals surface area contributed by atoms with Gasteiger partial charge in [0.05, 0.1) is 0 Å². The minimum Gasteiger partial charge on any atom is -0.492 e. The number of carbonyl (C=O) groups excluding carboxylic acids is 1. The molecule has 0 amide bonds. The molecule has 0 heterocycles. The minimum absolute atomic E-state index is 0.152. The molecular weight excluding hydrogens is 208 g/mol. The highest BCUT2D eigenvalue weighted by molar-refractivity contribution is 5.86. The molecule has 0 saturated heterocycles. The lowest BCUT2D eigenvalue weighted by Gasteiger charge is -2.17. The third kappa shape index (κ3) is 3.90. The fourth-order valence-corrected chi connectivity index (χ4v) is 1.16. The van der Waals surface area contributed by atoms with E-state index in [0.717, 1.165) is 0 Å². The van der Waals surface area contributed by atoms with Gasteiger partial charge in [0.15, 0.2) is 0 Å². The van der Waals surface area contributed by atoms with Gasteiger partial charge in [0.1, 0.15) is 25.1 Å². The van der Waals surface area contributed by atoms with Gasteiger partial charge in [-0.2, -0.15) is 0 Å². The lowest BCUT2D eigenvalue weighted by Crippen LogP contribution is -2.17.